The maximum atomic E-state index is 12.2. The number of rotatable bonds is 3. The van der Waals surface area contributed by atoms with E-state index in [-0.39, 0.29) is 5.91 Å². The van der Waals surface area contributed by atoms with E-state index in [2.05, 4.69) is 39.5 Å². The molecule has 0 saturated carbocycles. The first-order valence-electron chi connectivity index (χ1n) is 5.94. The maximum Gasteiger partial charge on any atom is 0.233 e. The molecule has 0 fully saturated rings. The van der Waals surface area contributed by atoms with Crippen LogP contribution in [0.1, 0.15) is 13.8 Å². The van der Waals surface area contributed by atoms with E-state index in [0.717, 1.165) is 20.2 Å². The van der Waals surface area contributed by atoms with Gasteiger partial charge in [0.05, 0.1) is 16.6 Å². The summed E-state index contributed by atoms with van der Waals surface area (Å²) in [6.07, 6.45) is 3.37. The van der Waals surface area contributed by atoms with Crippen molar-refractivity contribution in [2.45, 2.75) is 13.8 Å². The van der Waals surface area contributed by atoms with Gasteiger partial charge in [0, 0.05) is 15.2 Å². The van der Waals surface area contributed by atoms with Crippen molar-refractivity contribution in [2.75, 3.05) is 5.32 Å². The number of halogens is 1. The van der Waals surface area contributed by atoms with Crippen LogP contribution in [0.5, 0.6) is 0 Å². The largest absolute Gasteiger partial charge is 0.323 e. The number of carbonyl (C=O) groups is 1. The van der Waals surface area contributed by atoms with Gasteiger partial charge < -0.3 is 5.32 Å². The van der Waals surface area contributed by atoms with E-state index in [0.29, 0.717) is 0 Å². The van der Waals surface area contributed by atoms with Gasteiger partial charge >= 0.3 is 0 Å². The third-order valence-corrected chi connectivity index (χ3v) is 4.00. The summed E-state index contributed by atoms with van der Waals surface area (Å²) in [6, 6.07) is 7.75. The Morgan fingerprint density at radius 3 is 2.84 bits per heavy atom. The van der Waals surface area contributed by atoms with Gasteiger partial charge in [-0.1, -0.05) is 12.1 Å². The Kier molecular flexibility index (Phi) is 3.89. The standard InChI is InChI=1S/C15H15IN2O/c1-4-15(2,3)14(19)18-12-8-7-11(16)10-6-5-9-17-13(10)12/h4-9H,1H2,2-3H3,(H,18,19). The molecular weight excluding hydrogens is 351 g/mol. The highest BCUT2D eigenvalue weighted by atomic mass is 127. The molecule has 98 valence electrons. The number of hydrogen-bond donors (Lipinski definition) is 1. The van der Waals surface area contributed by atoms with Crippen LogP contribution in [0.15, 0.2) is 43.1 Å². The Labute approximate surface area is 126 Å². The predicted molar refractivity (Wildman–Crippen MR) is 87.1 cm³/mol. The number of nitrogens with zero attached hydrogens (tertiary/aromatic N) is 1. The van der Waals surface area contributed by atoms with Crippen molar-refractivity contribution in [3.8, 4) is 0 Å². The topological polar surface area (TPSA) is 42.0 Å². The number of nitrogens with one attached hydrogen (secondary N) is 1. The molecule has 2 aromatic rings. The van der Waals surface area contributed by atoms with Crippen LogP contribution in [0.4, 0.5) is 5.69 Å². The summed E-state index contributed by atoms with van der Waals surface area (Å²) in [5.41, 5.74) is 0.933. The zero-order valence-corrected chi connectivity index (χ0v) is 13.1. The average Bonchev–Trinajstić information content (AvgIpc) is 2.42. The number of amides is 1. The van der Waals surface area contributed by atoms with Gasteiger partial charge in [0.15, 0.2) is 0 Å². The third-order valence-electron chi connectivity index (χ3n) is 3.06. The number of aromatic nitrogens is 1. The molecule has 0 spiro atoms. The van der Waals surface area contributed by atoms with Gasteiger partial charge in [0.1, 0.15) is 0 Å². The minimum Gasteiger partial charge on any atom is -0.323 e. The van der Waals surface area contributed by atoms with Crippen LogP contribution in [-0.4, -0.2) is 10.9 Å². The predicted octanol–water partition coefficient (Wildman–Crippen LogP) is 3.99. The lowest BCUT2D eigenvalue weighted by molar-refractivity contribution is -0.121. The monoisotopic (exact) mass is 366 g/mol. The Balaban J connectivity index is 2.45. The Morgan fingerprint density at radius 2 is 2.16 bits per heavy atom. The number of carbonyl (C=O) groups excluding carboxylic acids is 1. The fourth-order valence-corrected chi connectivity index (χ4v) is 2.23. The summed E-state index contributed by atoms with van der Waals surface area (Å²) in [7, 11) is 0. The molecule has 0 radical (unpaired) electrons. The maximum absolute atomic E-state index is 12.2. The highest BCUT2D eigenvalue weighted by Gasteiger charge is 2.24. The minimum atomic E-state index is -0.607. The highest BCUT2D eigenvalue weighted by Crippen LogP contribution is 2.27. The first-order chi connectivity index (χ1) is 8.95. The van der Waals surface area contributed by atoms with Crippen molar-refractivity contribution in [2.24, 2.45) is 5.41 Å². The lowest BCUT2D eigenvalue weighted by atomic mass is 9.92. The Morgan fingerprint density at radius 1 is 1.42 bits per heavy atom. The average molecular weight is 366 g/mol. The summed E-state index contributed by atoms with van der Waals surface area (Å²) in [5.74, 6) is -0.0874. The molecule has 3 nitrogen and oxygen atoms in total. The molecule has 2 rings (SSSR count). The normalized spacial score (nSPS) is 11.3. The molecule has 0 unspecified atom stereocenters. The van der Waals surface area contributed by atoms with E-state index in [9.17, 15) is 4.79 Å². The smallest absolute Gasteiger partial charge is 0.233 e. The summed E-state index contributed by atoms with van der Waals surface area (Å²) in [5, 5.41) is 3.97. The van der Waals surface area contributed by atoms with Crippen LogP contribution >= 0.6 is 22.6 Å². The highest BCUT2D eigenvalue weighted by molar-refractivity contribution is 14.1. The summed E-state index contributed by atoms with van der Waals surface area (Å²) < 4.78 is 1.11. The lowest BCUT2D eigenvalue weighted by Crippen LogP contribution is -2.28. The second kappa shape index (κ2) is 5.28. The summed E-state index contributed by atoms with van der Waals surface area (Å²) in [6.45, 7) is 7.36. The van der Waals surface area contributed by atoms with E-state index in [1.165, 1.54) is 0 Å². The van der Waals surface area contributed by atoms with Gasteiger partial charge in [-0.25, -0.2) is 0 Å². The van der Waals surface area contributed by atoms with Crippen LogP contribution in [0.25, 0.3) is 10.9 Å². The van der Waals surface area contributed by atoms with Crippen LogP contribution < -0.4 is 5.32 Å². The van der Waals surface area contributed by atoms with Gasteiger partial charge in [-0.3, -0.25) is 9.78 Å². The molecule has 0 atom stereocenters. The molecule has 1 N–H and O–H groups in total. The summed E-state index contributed by atoms with van der Waals surface area (Å²) >= 11 is 2.26. The van der Waals surface area contributed by atoms with E-state index >= 15 is 0 Å². The molecule has 0 saturated heterocycles. The molecule has 1 aromatic carbocycles. The van der Waals surface area contributed by atoms with Crippen LogP contribution in [0.2, 0.25) is 0 Å². The Hall–Kier alpha value is -1.43. The molecule has 0 aliphatic carbocycles. The van der Waals surface area contributed by atoms with Gasteiger partial charge in [-0.05, 0) is 54.6 Å². The van der Waals surface area contributed by atoms with E-state index < -0.39 is 5.41 Å². The first-order valence-corrected chi connectivity index (χ1v) is 7.02. The van der Waals surface area contributed by atoms with E-state index in [1.54, 1.807) is 12.3 Å². The van der Waals surface area contributed by atoms with Crippen molar-refractivity contribution < 1.29 is 4.79 Å². The number of benzene rings is 1. The number of hydrogen-bond acceptors (Lipinski definition) is 2. The number of fused-ring (bicyclic) bond motifs is 1. The van der Waals surface area contributed by atoms with Crippen molar-refractivity contribution in [3.63, 3.8) is 0 Å². The lowest BCUT2D eigenvalue weighted by Gasteiger charge is -2.19. The van der Waals surface area contributed by atoms with E-state index in [1.807, 2.05) is 38.1 Å². The molecule has 1 aromatic heterocycles. The zero-order valence-electron chi connectivity index (χ0n) is 10.9. The molecule has 0 bridgehead atoms. The van der Waals surface area contributed by atoms with Crippen LogP contribution in [-0.2, 0) is 4.79 Å². The van der Waals surface area contributed by atoms with Crippen molar-refractivity contribution in [1.82, 2.24) is 4.98 Å². The van der Waals surface area contributed by atoms with Crippen molar-refractivity contribution >= 4 is 45.1 Å². The summed E-state index contributed by atoms with van der Waals surface area (Å²) in [4.78, 5) is 16.5. The SMILES string of the molecule is C=CC(C)(C)C(=O)Nc1ccc(I)c2cccnc12. The van der Waals surface area contributed by atoms with E-state index in [4.69, 9.17) is 0 Å². The molecule has 1 amide bonds. The van der Waals surface area contributed by atoms with Crippen LogP contribution in [0, 0.1) is 8.99 Å². The second-order valence-corrected chi connectivity index (χ2v) is 6.04. The van der Waals surface area contributed by atoms with Gasteiger partial charge in [-0.2, -0.15) is 0 Å². The van der Waals surface area contributed by atoms with Crippen molar-refractivity contribution in [1.29, 1.82) is 0 Å². The number of pyridine rings is 1. The Bertz CT molecular complexity index is 650. The zero-order chi connectivity index (χ0) is 14.0. The molecule has 0 aliphatic heterocycles. The second-order valence-electron chi connectivity index (χ2n) is 4.87. The minimum absolute atomic E-state index is 0.0874. The van der Waals surface area contributed by atoms with Crippen molar-refractivity contribution in [3.05, 3.63) is 46.7 Å². The molecular formula is C15H15IN2O. The quantitative estimate of drug-likeness (QED) is 0.659. The van der Waals surface area contributed by atoms with Crippen LogP contribution in [0.3, 0.4) is 0 Å². The number of anilines is 1. The van der Waals surface area contributed by atoms with Gasteiger partial charge in [0.25, 0.3) is 0 Å². The fourth-order valence-electron chi connectivity index (χ4n) is 1.61. The molecule has 0 aliphatic rings. The third kappa shape index (κ3) is 2.78. The molecule has 19 heavy (non-hydrogen) atoms. The fraction of sp³-hybridized carbons (Fsp3) is 0.200. The molecule has 1 heterocycles. The van der Waals surface area contributed by atoms with Gasteiger partial charge in [-0.15, -0.1) is 6.58 Å². The first kappa shape index (κ1) is 14.0. The molecule has 4 heteroatoms. The van der Waals surface area contributed by atoms with Gasteiger partial charge in [0.2, 0.25) is 5.91 Å².